The Morgan fingerprint density at radius 2 is 1.81 bits per heavy atom. The molecule has 0 aliphatic heterocycles. The van der Waals surface area contributed by atoms with Crippen molar-refractivity contribution in [2.45, 2.75) is 32.9 Å². The van der Waals surface area contributed by atoms with Crippen molar-refractivity contribution in [1.29, 1.82) is 0 Å². The average Bonchev–Trinajstić information content (AvgIpc) is 2.31. The highest BCUT2D eigenvalue weighted by Gasteiger charge is 2.13. The molecule has 2 atom stereocenters. The standard InChI is InChI=1S/C13H21NO2/c1-5-15-12-8-6-7-9-13(12)16-11(3)10(2)14-4/h6-11,14H,5H2,1-4H3. The van der Waals surface area contributed by atoms with E-state index in [1.807, 2.05) is 45.2 Å². The lowest BCUT2D eigenvalue weighted by Gasteiger charge is -2.22. The summed E-state index contributed by atoms with van der Waals surface area (Å²) in [6.07, 6.45) is 0.103. The Hall–Kier alpha value is -1.22. The molecule has 0 aromatic heterocycles. The number of para-hydroxylation sites is 2. The van der Waals surface area contributed by atoms with Gasteiger partial charge >= 0.3 is 0 Å². The third kappa shape index (κ3) is 3.42. The van der Waals surface area contributed by atoms with Gasteiger partial charge < -0.3 is 14.8 Å². The van der Waals surface area contributed by atoms with Gasteiger partial charge in [-0.3, -0.25) is 0 Å². The predicted octanol–water partition coefficient (Wildman–Crippen LogP) is 2.46. The van der Waals surface area contributed by atoms with E-state index in [0.29, 0.717) is 12.6 Å². The molecule has 0 aliphatic rings. The Bertz CT molecular complexity index is 315. The molecule has 0 radical (unpaired) electrons. The molecule has 3 heteroatoms. The molecule has 0 bridgehead atoms. The summed E-state index contributed by atoms with van der Waals surface area (Å²) in [5.74, 6) is 1.61. The Morgan fingerprint density at radius 1 is 1.19 bits per heavy atom. The Kier molecular flexibility index (Phi) is 5.12. The lowest BCUT2D eigenvalue weighted by molar-refractivity contribution is 0.173. The fourth-order valence-corrected chi connectivity index (χ4v) is 1.36. The number of nitrogens with one attached hydrogen (secondary N) is 1. The summed E-state index contributed by atoms with van der Waals surface area (Å²) in [7, 11) is 1.93. The molecule has 0 amide bonds. The number of benzene rings is 1. The Morgan fingerprint density at radius 3 is 2.38 bits per heavy atom. The Balaban J connectivity index is 2.71. The zero-order chi connectivity index (χ0) is 12.0. The van der Waals surface area contributed by atoms with E-state index in [4.69, 9.17) is 9.47 Å². The summed E-state index contributed by atoms with van der Waals surface area (Å²) in [5, 5.41) is 3.17. The van der Waals surface area contributed by atoms with Crippen LogP contribution in [0.3, 0.4) is 0 Å². The largest absolute Gasteiger partial charge is 0.490 e. The van der Waals surface area contributed by atoms with Crippen LogP contribution in [-0.2, 0) is 0 Å². The zero-order valence-corrected chi connectivity index (χ0v) is 10.5. The fraction of sp³-hybridized carbons (Fsp3) is 0.538. The minimum Gasteiger partial charge on any atom is -0.490 e. The molecule has 0 heterocycles. The van der Waals surface area contributed by atoms with E-state index >= 15 is 0 Å². The summed E-state index contributed by atoms with van der Waals surface area (Å²) in [4.78, 5) is 0. The maximum absolute atomic E-state index is 5.86. The van der Waals surface area contributed by atoms with E-state index < -0.39 is 0 Å². The highest BCUT2D eigenvalue weighted by molar-refractivity contribution is 5.39. The van der Waals surface area contributed by atoms with Crippen molar-refractivity contribution in [2.75, 3.05) is 13.7 Å². The topological polar surface area (TPSA) is 30.5 Å². The maximum atomic E-state index is 5.86. The van der Waals surface area contributed by atoms with Gasteiger partial charge in [0.1, 0.15) is 6.10 Å². The SMILES string of the molecule is CCOc1ccccc1OC(C)C(C)NC. The smallest absolute Gasteiger partial charge is 0.161 e. The molecule has 2 unspecified atom stereocenters. The normalized spacial score (nSPS) is 14.2. The monoisotopic (exact) mass is 223 g/mol. The lowest BCUT2D eigenvalue weighted by atomic mass is 10.2. The molecule has 1 aromatic carbocycles. The summed E-state index contributed by atoms with van der Waals surface area (Å²) < 4.78 is 11.4. The molecule has 3 nitrogen and oxygen atoms in total. The van der Waals surface area contributed by atoms with Crippen molar-refractivity contribution < 1.29 is 9.47 Å². The summed E-state index contributed by atoms with van der Waals surface area (Å²) in [6.45, 7) is 6.75. The molecule has 0 saturated carbocycles. The number of hydrogen-bond acceptors (Lipinski definition) is 3. The number of ether oxygens (including phenoxy) is 2. The molecule has 1 rings (SSSR count). The predicted molar refractivity (Wildman–Crippen MR) is 66.2 cm³/mol. The van der Waals surface area contributed by atoms with Crippen molar-refractivity contribution in [3.05, 3.63) is 24.3 Å². The molecular formula is C13H21NO2. The van der Waals surface area contributed by atoms with Crippen molar-refractivity contribution in [2.24, 2.45) is 0 Å². The van der Waals surface area contributed by atoms with Crippen LogP contribution in [0, 0.1) is 0 Å². The van der Waals surface area contributed by atoms with Crippen molar-refractivity contribution in [1.82, 2.24) is 5.32 Å². The molecule has 1 N–H and O–H groups in total. The van der Waals surface area contributed by atoms with E-state index in [0.717, 1.165) is 11.5 Å². The second-order valence-corrected chi connectivity index (χ2v) is 3.78. The van der Waals surface area contributed by atoms with Gasteiger partial charge in [-0.05, 0) is 40.0 Å². The Labute approximate surface area is 97.8 Å². The van der Waals surface area contributed by atoms with Crippen LogP contribution in [0.25, 0.3) is 0 Å². The van der Waals surface area contributed by atoms with Crippen molar-refractivity contribution in [3.63, 3.8) is 0 Å². The first-order valence-corrected chi connectivity index (χ1v) is 5.74. The minimum atomic E-state index is 0.103. The molecular weight excluding hydrogens is 202 g/mol. The summed E-state index contributed by atoms with van der Waals surface area (Å²) in [6, 6.07) is 8.06. The van der Waals surface area contributed by atoms with E-state index in [9.17, 15) is 0 Å². The number of likely N-dealkylation sites (N-methyl/N-ethyl adjacent to an activating group) is 1. The maximum Gasteiger partial charge on any atom is 0.161 e. The van der Waals surface area contributed by atoms with Crippen LogP contribution in [0.5, 0.6) is 11.5 Å². The fourth-order valence-electron chi connectivity index (χ4n) is 1.36. The molecule has 16 heavy (non-hydrogen) atoms. The van der Waals surface area contributed by atoms with Gasteiger partial charge in [0.2, 0.25) is 0 Å². The van der Waals surface area contributed by atoms with Crippen LogP contribution in [-0.4, -0.2) is 25.8 Å². The van der Waals surface area contributed by atoms with Crippen molar-refractivity contribution >= 4 is 0 Å². The molecule has 0 spiro atoms. The van der Waals surface area contributed by atoms with Crippen LogP contribution in [0.15, 0.2) is 24.3 Å². The van der Waals surface area contributed by atoms with Crippen LogP contribution in [0.4, 0.5) is 0 Å². The minimum absolute atomic E-state index is 0.103. The second kappa shape index (κ2) is 6.38. The van der Waals surface area contributed by atoms with E-state index in [-0.39, 0.29) is 6.10 Å². The van der Waals surface area contributed by atoms with Gasteiger partial charge in [0, 0.05) is 6.04 Å². The van der Waals surface area contributed by atoms with Crippen LogP contribution >= 0.6 is 0 Å². The third-order valence-electron chi connectivity index (χ3n) is 2.62. The van der Waals surface area contributed by atoms with Gasteiger partial charge in [-0.2, -0.15) is 0 Å². The summed E-state index contributed by atoms with van der Waals surface area (Å²) in [5.41, 5.74) is 0. The van der Waals surface area contributed by atoms with Crippen LogP contribution in [0.2, 0.25) is 0 Å². The van der Waals surface area contributed by atoms with Gasteiger partial charge in [-0.15, -0.1) is 0 Å². The van der Waals surface area contributed by atoms with Gasteiger partial charge in [0.05, 0.1) is 6.61 Å². The quantitative estimate of drug-likeness (QED) is 0.803. The highest BCUT2D eigenvalue weighted by Crippen LogP contribution is 2.27. The summed E-state index contributed by atoms with van der Waals surface area (Å²) >= 11 is 0. The lowest BCUT2D eigenvalue weighted by Crippen LogP contribution is -2.36. The van der Waals surface area contributed by atoms with E-state index in [2.05, 4.69) is 12.2 Å². The third-order valence-corrected chi connectivity index (χ3v) is 2.62. The zero-order valence-electron chi connectivity index (χ0n) is 10.5. The average molecular weight is 223 g/mol. The number of hydrogen-bond donors (Lipinski definition) is 1. The highest BCUT2D eigenvalue weighted by atomic mass is 16.5. The molecule has 1 aromatic rings. The first kappa shape index (κ1) is 12.8. The second-order valence-electron chi connectivity index (χ2n) is 3.78. The van der Waals surface area contributed by atoms with Gasteiger partial charge in [0.15, 0.2) is 11.5 Å². The van der Waals surface area contributed by atoms with E-state index in [1.165, 1.54) is 0 Å². The van der Waals surface area contributed by atoms with Gasteiger partial charge in [0.25, 0.3) is 0 Å². The van der Waals surface area contributed by atoms with Gasteiger partial charge in [-0.25, -0.2) is 0 Å². The molecule has 90 valence electrons. The number of rotatable bonds is 6. The first-order chi connectivity index (χ1) is 7.69. The van der Waals surface area contributed by atoms with Crippen LogP contribution in [0.1, 0.15) is 20.8 Å². The van der Waals surface area contributed by atoms with E-state index in [1.54, 1.807) is 0 Å². The first-order valence-electron chi connectivity index (χ1n) is 5.74. The van der Waals surface area contributed by atoms with Crippen LogP contribution < -0.4 is 14.8 Å². The molecule has 0 aliphatic carbocycles. The molecule has 0 saturated heterocycles. The molecule has 0 fully saturated rings. The van der Waals surface area contributed by atoms with Crippen molar-refractivity contribution in [3.8, 4) is 11.5 Å². The van der Waals surface area contributed by atoms with Gasteiger partial charge in [-0.1, -0.05) is 12.1 Å².